The van der Waals surface area contributed by atoms with E-state index in [-0.39, 0.29) is 5.91 Å². The van der Waals surface area contributed by atoms with Gasteiger partial charge in [-0.2, -0.15) is 0 Å². The van der Waals surface area contributed by atoms with Gasteiger partial charge < -0.3 is 9.80 Å². The summed E-state index contributed by atoms with van der Waals surface area (Å²) in [4.78, 5) is 21.5. The van der Waals surface area contributed by atoms with E-state index >= 15 is 0 Å². The maximum Gasteiger partial charge on any atom is 0.259 e. The average Bonchev–Trinajstić information content (AvgIpc) is 3.23. The molecule has 1 amide bonds. The summed E-state index contributed by atoms with van der Waals surface area (Å²) in [5.74, 6) is 1.41. The number of nitrogens with zero attached hydrogens (tertiary/aromatic N) is 3. The second-order valence-electron chi connectivity index (χ2n) is 6.47. The molecule has 0 bridgehead atoms. The maximum atomic E-state index is 12.9. The van der Waals surface area contributed by atoms with Gasteiger partial charge in [-0.05, 0) is 36.6 Å². The number of amides is 1. The summed E-state index contributed by atoms with van der Waals surface area (Å²) in [5, 5.41) is 0. The number of fused-ring (bicyclic) bond motifs is 1. The number of pyridine rings is 1. The second kappa shape index (κ2) is 5.69. The highest BCUT2D eigenvalue weighted by Gasteiger charge is 2.30. The summed E-state index contributed by atoms with van der Waals surface area (Å²) in [6.07, 6.45) is 4.18. The number of aromatic nitrogens is 1. The van der Waals surface area contributed by atoms with Crippen molar-refractivity contribution < 1.29 is 4.79 Å². The van der Waals surface area contributed by atoms with Crippen LogP contribution in [-0.4, -0.2) is 30.5 Å². The maximum absolute atomic E-state index is 12.9. The summed E-state index contributed by atoms with van der Waals surface area (Å²) >= 11 is 0. The van der Waals surface area contributed by atoms with Crippen molar-refractivity contribution in [2.75, 3.05) is 29.4 Å². The van der Waals surface area contributed by atoms with E-state index in [2.05, 4.69) is 22.9 Å². The normalized spacial score (nSPS) is 20.0. The topological polar surface area (TPSA) is 36.4 Å². The summed E-state index contributed by atoms with van der Waals surface area (Å²) in [5.41, 5.74) is 2.95. The molecule has 118 valence electrons. The molecular weight excluding hydrogens is 286 g/mol. The first-order valence-electron chi connectivity index (χ1n) is 8.36. The Hall–Kier alpha value is -2.36. The molecule has 1 aromatic heterocycles. The van der Waals surface area contributed by atoms with Crippen LogP contribution in [0.3, 0.4) is 0 Å². The molecule has 0 aliphatic carbocycles. The molecule has 4 heteroatoms. The molecule has 1 aromatic carbocycles. The lowest BCUT2D eigenvalue weighted by atomic mass is 10.0. The van der Waals surface area contributed by atoms with E-state index in [9.17, 15) is 4.79 Å². The van der Waals surface area contributed by atoms with Gasteiger partial charge in [0.05, 0.1) is 5.56 Å². The van der Waals surface area contributed by atoms with E-state index in [0.717, 1.165) is 31.1 Å². The van der Waals surface area contributed by atoms with Gasteiger partial charge in [-0.1, -0.05) is 25.1 Å². The van der Waals surface area contributed by atoms with Gasteiger partial charge in [-0.25, -0.2) is 4.98 Å². The molecule has 1 atom stereocenters. The SMILES string of the molecule is C[C@H]1CN(C(=O)c2ccc(N3CCCC3)nc2)c2ccccc21. The molecule has 0 unspecified atom stereocenters. The van der Waals surface area contributed by atoms with Crippen LogP contribution in [0.4, 0.5) is 11.5 Å². The lowest BCUT2D eigenvalue weighted by Crippen LogP contribution is -2.29. The minimum absolute atomic E-state index is 0.0438. The van der Waals surface area contributed by atoms with Crippen LogP contribution in [0.25, 0.3) is 0 Å². The zero-order chi connectivity index (χ0) is 15.8. The van der Waals surface area contributed by atoms with Crippen LogP contribution >= 0.6 is 0 Å². The van der Waals surface area contributed by atoms with E-state index < -0.39 is 0 Å². The van der Waals surface area contributed by atoms with E-state index in [0.29, 0.717) is 11.5 Å². The molecule has 0 radical (unpaired) electrons. The first kappa shape index (κ1) is 14.2. The van der Waals surface area contributed by atoms with Crippen molar-refractivity contribution in [2.45, 2.75) is 25.7 Å². The molecule has 23 heavy (non-hydrogen) atoms. The Kier molecular flexibility index (Phi) is 3.52. The number of benzene rings is 1. The smallest absolute Gasteiger partial charge is 0.259 e. The fourth-order valence-corrected chi connectivity index (χ4v) is 3.61. The summed E-state index contributed by atoms with van der Waals surface area (Å²) in [7, 11) is 0. The summed E-state index contributed by atoms with van der Waals surface area (Å²) in [6, 6.07) is 12.1. The third-order valence-corrected chi connectivity index (χ3v) is 4.88. The van der Waals surface area contributed by atoms with Gasteiger partial charge in [-0.3, -0.25) is 4.79 Å². The Morgan fingerprint density at radius 3 is 2.65 bits per heavy atom. The first-order chi connectivity index (χ1) is 11.2. The van der Waals surface area contributed by atoms with Gasteiger partial charge in [0.1, 0.15) is 5.82 Å². The van der Waals surface area contributed by atoms with Gasteiger partial charge in [0.25, 0.3) is 5.91 Å². The van der Waals surface area contributed by atoms with Gasteiger partial charge in [-0.15, -0.1) is 0 Å². The standard InChI is InChI=1S/C19H21N3O/c1-14-13-22(17-7-3-2-6-16(14)17)19(23)15-8-9-18(20-12-15)21-10-4-5-11-21/h2-3,6-9,12,14H,4-5,10-11,13H2,1H3/t14-/m0/s1. The van der Waals surface area contributed by atoms with Crippen molar-refractivity contribution in [1.82, 2.24) is 4.98 Å². The lowest BCUT2D eigenvalue weighted by molar-refractivity contribution is 0.0988. The predicted molar refractivity (Wildman–Crippen MR) is 92.2 cm³/mol. The number of carbonyl (C=O) groups is 1. The van der Waals surface area contributed by atoms with Gasteiger partial charge in [0.2, 0.25) is 0 Å². The van der Waals surface area contributed by atoms with Crippen LogP contribution in [-0.2, 0) is 0 Å². The number of carbonyl (C=O) groups excluding carboxylic acids is 1. The van der Waals surface area contributed by atoms with E-state index in [4.69, 9.17) is 0 Å². The van der Waals surface area contributed by atoms with E-state index in [1.54, 1.807) is 6.20 Å². The molecule has 2 aromatic rings. The summed E-state index contributed by atoms with van der Waals surface area (Å²) < 4.78 is 0. The Bertz CT molecular complexity index is 720. The number of hydrogen-bond acceptors (Lipinski definition) is 3. The molecular formula is C19H21N3O. The summed E-state index contributed by atoms with van der Waals surface area (Å²) in [6.45, 7) is 5.04. The van der Waals surface area contributed by atoms with E-state index in [1.807, 2.05) is 35.2 Å². The van der Waals surface area contributed by atoms with Crippen LogP contribution in [0, 0.1) is 0 Å². The van der Waals surface area contributed by atoms with Crippen LogP contribution in [0.5, 0.6) is 0 Å². The molecule has 0 spiro atoms. The Morgan fingerprint density at radius 2 is 1.91 bits per heavy atom. The first-order valence-corrected chi connectivity index (χ1v) is 8.36. The van der Waals surface area contributed by atoms with Crippen molar-refractivity contribution in [1.29, 1.82) is 0 Å². The van der Waals surface area contributed by atoms with Gasteiger partial charge in [0, 0.05) is 37.4 Å². The predicted octanol–water partition coefficient (Wildman–Crippen LogP) is 3.45. The third kappa shape index (κ3) is 2.48. The molecule has 0 saturated carbocycles. The molecule has 2 aliphatic rings. The van der Waals surface area contributed by atoms with Crippen LogP contribution in [0.1, 0.15) is 41.6 Å². The number of hydrogen-bond donors (Lipinski definition) is 0. The second-order valence-corrected chi connectivity index (χ2v) is 6.47. The molecule has 3 heterocycles. The fourth-order valence-electron chi connectivity index (χ4n) is 3.61. The Balaban J connectivity index is 1.58. The van der Waals surface area contributed by atoms with Crippen molar-refractivity contribution >= 4 is 17.4 Å². The van der Waals surface area contributed by atoms with Crippen LogP contribution < -0.4 is 9.80 Å². The lowest BCUT2D eigenvalue weighted by Gasteiger charge is -2.19. The highest BCUT2D eigenvalue weighted by Crippen LogP contribution is 2.36. The van der Waals surface area contributed by atoms with Crippen molar-refractivity contribution in [2.24, 2.45) is 0 Å². The Labute approximate surface area is 136 Å². The highest BCUT2D eigenvalue weighted by atomic mass is 16.2. The monoisotopic (exact) mass is 307 g/mol. The largest absolute Gasteiger partial charge is 0.357 e. The zero-order valence-corrected chi connectivity index (χ0v) is 13.4. The quantitative estimate of drug-likeness (QED) is 0.852. The van der Waals surface area contributed by atoms with Gasteiger partial charge in [0.15, 0.2) is 0 Å². The highest BCUT2D eigenvalue weighted by molar-refractivity contribution is 6.07. The molecule has 0 N–H and O–H groups in total. The molecule has 2 aliphatic heterocycles. The van der Waals surface area contributed by atoms with Crippen molar-refractivity contribution in [3.63, 3.8) is 0 Å². The van der Waals surface area contributed by atoms with Crippen molar-refractivity contribution in [3.8, 4) is 0 Å². The zero-order valence-electron chi connectivity index (χ0n) is 13.4. The van der Waals surface area contributed by atoms with E-state index in [1.165, 1.54) is 18.4 Å². The minimum Gasteiger partial charge on any atom is -0.357 e. The number of rotatable bonds is 2. The number of anilines is 2. The van der Waals surface area contributed by atoms with Crippen molar-refractivity contribution in [3.05, 3.63) is 53.7 Å². The van der Waals surface area contributed by atoms with Crippen LogP contribution in [0.15, 0.2) is 42.6 Å². The molecule has 1 fully saturated rings. The third-order valence-electron chi connectivity index (χ3n) is 4.88. The van der Waals surface area contributed by atoms with Gasteiger partial charge >= 0.3 is 0 Å². The fraction of sp³-hybridized carbons (Fsp3) is 0.368. The molecule has 1 saturated heterocycles. The Morgan fingerprint density at radius 1 is 1.13 bits per heavy atom. The van der Waals surface area contributed by atoms with Crippen LogP contribution in [0.2, 0.25) is 0 Å². The number of para-hydroxylation sites is 1. The molecule has 4 rings (SSSR count). The minimum atomic E-state index is 0.0438. The average molecular weight is 307 g/mol. The molecule has 4 nitrogen and oxygen atoms in total.